The number of allylic oxidation sites excluding steroid dienone is 3. The van der Waals surface area contributed by atoms with Crippen molar-refractivity contribution in [3.8, 4) is 0 Å². The summed E-state index contributed by atoms with van der Waals surface area (Å²) >= 11 is 0. The summed E-state index contributed by atoms with van der Waals surface area (Å²) in [7, 11) is 0. The fourth-order valence-corrected chi connectivity index (χ4v) is 5.11. The summed E-state index contributed by atoms with van der Waals surface area (Å²) in [6, 6.07) is 0. The zero-order valence-corrected chi connectivity index (χ0v) is 16.5. The molecule has 1 atom stereocenters. The van der Waals surface area contributed by atoms with E-state index in [4.69, 9.17) is 4.74 Å². The van der Waals surface area contributed by atoms with E-state index in [1.165, 1.54) is 31.4 Å². The maximum absolute atomic E-state index is 6.35. The molecule has 1 saturated carbocycles. The van der Waals surface area contributed by atoms with E-state index in [2.05, 4.69) is 38.8 Å². The molecule has 1 aromatic rings. The van der Waals surface area contributed by atoms with Gasteiger partial charge in [-0.05, 0) is 51.6 Å². The van der Waals surface area contributed by atoms with Crippen molar-refractivity contribution in [2.24, 2.45) is 5.41 Å². The van der Waals surface area contributed by atoms with Crippen LogP contribution in [0.3, 0.4) is 0 Å². The fraction of sp³-hybridized carbons (Fsp3) is 0.636. The summed E-state index contributed by atoms with van der Waals surface area (Å²) < 4.78 is 6.35. The summed E-state index contributed by atoms with van der Waals surface area (Å²) in [4.78, 5) is 8.79. The fourth-order valence-electron chi connectivity index (χ4n) is 5.11. The number of hydrogen-bond acceptors (Lipinski definition) is 5. The molecule has 0 radical (unpaired) electrons. The van der Waals surface area contributed by atoms with Crippen molar-refractivity contribution in [1.82, 2.24) is 20.6 Å². The van der Waals surface area contributed by atoms with Crippen molar-refractivity contribution in [2.45, 2.75) is 64.0 Å². The minimum absolute atomic E-state index is 0.115. The first-order valence-corrected chi connectivity index (χ1v) is 10.4. The smallest absolute Gasteiger partial charge is 0.0727 e. The van der Waals surface area contributed by atoms with Gasteiger partial charge in [-0.25, -0.2) is 0 Å². The quantitative estimate of drug-likeness (QED) is 0.754. The van der Waals surface area contributed by atoms with E-state index in [0.717, 1.165) is 56.9 Å². The number of nitrogens with zero attached hydrogens (tertiary/aromatic N) is 2. The van der Waals surface area contributed by atoms with Gasteiger partial charge in [-0.1, -0.05) is 25.0 Å². The third-order valence-corrected chi connectivity index (χ3v) is 6.44. The Morgan fingerprint density at radius 3 is 2.89 bits per heavy atom. The molecule has 2 N–H and O–H groups in total. The number of dihydropyridines is 1. The normalized spacial score (nSPS) is 26.8. The molecule has 2 fully saturated rings. The van der Waals surface area contributed by atoms with Gasteiger partial charge in [-0.2, -0.15) is 0 Å². The van der Waals surface area contributed by atoms with Crippen LogP contribution in [0.2, 0.25) is 0 Å². The lowest BCUT2D eigenvalue weighted by Gasteiger charge is -2.48. The van der Waals surface area contributed by atoms with Crippen LogP contribution in [0.4, 0.5) is 0 Å². The van der Waals surface area contributed by atoms with E-state index in [0.29, 0.717) is 0 Å². The second-order valence-electron chi connectivity index (χ2n) is 8.41. The predicted molar refractivity (Wildman–Crippen MR) is 107 cm³/mol. The number of rotatable bonds is 6. The maximum atomic E-state index is 6.35. The highest BCUT2D eigenvalue weighted by atomic mass is 16.5. The molecule has 0 amide bonds. The Labute approximate surface area is 162 Å². The molecular weight excluding hydrogens is 336 g/mol. The number of nitrogens with one attached hydrogen (secondary N) is 2. The Bertz CT molecular complexity index is 708. The Morgan fingerprint density at radius 1 is 1.22 bits per heavy atom. The zero-order valence-electron chi connectivity index (χ0n) is 16.5. The molecule has 27 heavy (non-hydrogen) atoms. The van der Waals surface area contributed by atoms with Crippen LogP contribution in [-0.2, 0) is 11.3 Å². The summed E-state index contributed by atoms with van der Waals surface area (Å²) in [6.45, 7) is 5.57. The second kappa shape index (κ2) is 8.11. The van der Waals surface area contributed by atoms with Gasteiger partial charge in [0.25, 0.3) is 0 Å². The highest BCUT2D eigenvalue weighted by molar-refractivity contribution is 5.25. The van der Waals surface area contributed by atoms with E-state index in [9.17, 15) is 0 Å². The lowest BCUT2D eigenvalue weighted by molar-refractivity contribution is -0.116. The van der Waals surface area contributed by atoms with Crippen molar-refractivity contribution in [1.29, 1.82) is 0 Å². The number of aryl methyl sites for hydroxylation is 1. The minimum atomic E-state index is 0.115. The average molecular weight is 369 g/mol. The molecule has 1 spiro atoms. The van der Waals surface area contributed by atoms with Crippen molar-refractivity contribution in [3.05, 3.63) is 47.7 Å². The Morgan fingerprint density at radius 2 is 2.11 bits per heavy atom. The first-order valence-electron chi connectivity index (χ1n) is 10.4. The van der Waals surface area contributed by atoms with E-state index in [1.54, 1.807) is 6.20 Å². The van der Waals surface area contributed by atoms with Crippen LogP contribution in [0.15, 0.2) is 36.3 Å². The van der Waals surface area contributed by atoms with Crippen LogP contribution in [0.5, 0.6) is 0 Å². The molecule has 5 heteroatoms. The van der Waals surface area contributed by atoms with Crippen LogP contribution in [0.1, 0.15) is 56.3 Å². The second-order valence-corrected chi connectivity index (χ2v) is 8.41. The Kier molecular flexibility index (Phi) is 5.60. The number of ether oxygens (including phenoxy) is 1. The highest BCUT2D eigenvalue weighted by Crippen LogP contribution is 2.51. The zero-order chi connectivity index (χ0) is 18.6. The highest BCUT2D eigenvalue weighted by Gasteiger charge is 2.48. The van der Waals surface area contributed by atoms with Crippen LogP contribution < -0.4 is 10.6 Å². The molecule has 1 saturated heterocycles. The molecule has 3 heterocycles. The molecule has 3 aliphatic rings. The van der Waals surface area contributed by atoms with Crippen LogP contribution in [-0.4, -0.2) is 35.3 Å². The summed E-state index contributed by atoms with van der Waals surface area (Å²) in [6.07, 6.45) is 18.8. The summed E-state index contributed by atoms with van der Waals surface area (Å²) in [5.41, 5.74) is 3.71. The predicted octanol–water partition coefficient (Wildman–Crippen LogP) is 3.42. The maximum Gasteiger partial charge on any atom is 0.0727 e. The molecule has 4 rings (SSSR count). The summed E-state index contributed by atoms with van der Waals surface area (Å²) in [5.74, 6) is 0. The van der Waals surface area contributed by atoms with Crippen LogP contribution in [0, 0.1) is 12.3 Å². The third kappa shape index (κ3) is 4.25. The van der Waals surface area contributed by atoms with Gasteiger partial charge in [0.2, 0.25) is 0 Å². The van der Waals surface area contributed by atoms with Gasteiger partial charge in [0, 0.05) is 43.2 Å². The lowest BCUT2D eigenvalue weighted by Crippen LogP contribution is -2.48. The van der Waals surface area contributed by atoms with Crippen molar-refractivity contribution in [3.63, 3.8) is 0 Å². The standard InChI is InChI=1S/C22H32N4O/c1-18-14-24-16-19(26-18)15-23-12-9-21(20-6-2-5-11-25-20)10-13-27-22(17-21)7-3-4-8-22/h2,5-6,14,16,23,25H,3-4,7-13,15,17H2,1H3/t21-/m1/s1. The van der Waals surface area contributed by atoms with E-state index in [-0.39, 0.29) is 11.0 Å². The Balaban J connectivity index is 1.44. The monoisotopic (exact) mass is 368 g/mol. The molecule has 146 valence electrons. The molecule has 0 aromatic carbocycles. The molecule has 0 bridgehead atoms. The SMILES string of the molecule is Cc1cncc(CNCC[C@@]2(C3=CC=CCN3)CCOC3(CCCC3)C2)n1. The largest absolute Gasteiger partial charge is 0.384 e. The topological polar surface area (TPSA) is 59.1 Å². The van der Waals surface area contributed by atoms with Gasteiger partial charge in [0.15, 0.2) is 0 Å². The Hall–Kier alpha value is -1.72. The molecular formula is C22H32N4O. The summed E-state index contributed by atoms with van der Waals surface area (Å²) in [5, 5.41) is 7.27. The number of hydrogen-bond donors (Lipinski definition) is 2. The number of aromatic nitrogens is 2. The average Bonchev–Trinajstić information content (AvgIpc) is 3.13. The van der Waals surface area contributed by atoms with Gasteiger partial charge < -0.3 is 15.4 Å². The van der Waals surface area contributed by atoms with Crippen LogP contribution >= 0.6 is 0 Å². The van der Waals surface area contributed by atoms with Crippen molar-refractivity contribution < 1.29 is 4.74 Å². The molecule has 1 aromatic heterocycles. The van der Waals surface area contributed by atoms with E-state index < -0.39 is 0 Å². The van der Waals surface area contributed by atoms with Crippen molar-refractivity contribution >= 4 is 0 Å². The van der Waals surface area contributed by atoms with Crippen molar-refractivity contribution in [2.75, 3.05) is 19.7 Å². The van der Waals surface area contributed by atoms with Gasteiger partial charge in [-0.15, -0.1) is 0 Å². The molecule has 5 nitrogen and oxygen atoms in total. The first-order chi connectivity index (χ1) is 13.2. The molecule has 1 aliphatic carbocycles. The van der Waals surface area contributed by atoms with E-state index in [1.807, 2.05) is 13.1 Å². The molecule has 0 unspecified atom stereocenters. The molecule has 2 aliphatic heterocycles. The van der Waals surface area contributed by atoms with Gasteiger partial charge in [-0.3, -0.25) is 9.97 Å². The van der Waals surface area contributed by atoms with Gasteiger partial charge in [0.1, 0.15) is 0 Å². The third-order valence-electron chi connectivity index (χ3n) is 6.44. The lowest BCUT2D eigenvalue weighted by atomic mass is 9.67. The first kappa shape index (κ1) is 18.6. The minimum Gasteiger partial charge on any atom is -0.384 e. The van der Waals surface area contributed by atoms with Crippen LogP contribution in [0.25, 0.3) is 0 Å². The van der Waals surface area contributed by atoms with Gasteiger partial charge >= 0.3 is 0 Å². The van der Waals surface area contributed by atoms with E-state index >= 15 is 0 Å². The van der Waals surface area contributed by atoms with Gasteiger partial charge in [0.05, 0.1) is 17.0 Å².